The zero-order chi connectivity index (χ0) is 16.1. The van der Waals surface area contributed by atoms with E-state index in [-0.39, 0.29) is 12.3 Å². The first-order chi connectivity index (χ1) is 11.2. The third-order valence-corrected chi connectivity index (χ3v) is 3.19. The van der Waals surface area contributed by atoms with Crippen LogP contribution in [-0.2, 0) is 0 Å². The van der Waals surface area contributed by atoms with Gasteiger partial charge in [0, 0.05) is 29.3 Å². The Balaban J connectivity index is 1.72. The van der Waals surface area contributed by atoms with Crippen LogP contribution in [0.15, 0.2) is 60.8 Å². The standard InChI is InChI=1S/C18H12N2O3/c21-20(22)16-9-1-5-14(13-16)6-4-12-23-17-10-2-7-15-8-3-11-19-18(15)17/h1-3,5,7-11,13H,12H2. The number of rotatable bonds is 3. The lowest BCUT2D eigenvalue weighted by Crippen LogP contribution is -1.95. The molecule has 0 atom stereocenters. The highest BCUT2D eigenvalue weighted by molar-refractivity contribution is 5.84. The van der Waals surface area contributed by atoms with Gasteiger partial charge in [0.15, 0.2) is 0 Å². The molecule has 23 heavy (non-hydrogen) atoms. The van der Waals surface area contributed by atoms with Crippen molar-refractivity contribution in [2.75, 3.05) is 6.61 Å². The fourth-order valence-electron chi connectivity index (χ4n) is 2.14. The molecule has 0 fully saturated rings. The first-order valence-corrected chi connectivity index (χ1v) is 6.94. The molecule has 0 bridgehead atoms. The van der Waals surface area contributed by atoms with E-state index in [1.165, 1.54) is 12.1 Å². The van der Waals surface area contributed by atoms with Crippen molar-refractivity contribution in [1.29, 1.82) is 0 Å². The lowest BCUT2D eigenvalue weighted by molar-refractivity contribution is -0.384. The Labute approximate surface area is 132 Å². The maximum Gasteiger partial charge on any atom is 0.270 e. The molecule has 0 radical (unpaired) electrons. The van der Waals surface area contributed by atoms with Crippen LogP contribution in [0.2, 0.25) is 0 Å². The molecule has 0 amide bonds. The molecule has 5 heteroatoms. The molecule has 1 heterocycles. The zero-order valence-corrected chi connectivity index (χ0v) is 12.1. The number of hydrogen-bond acceptors (Lipinski definition) is 4. The minimum absolute atomic E-state index is 0.0240. The van der Waals surface area contributed by atoms with Crippen molar-refractivity contribution < 1.29 is 9.66 Å². The number of nitrogens with zero attached hydrogens (tertiary/aromatic N) is 2. The Bertz CT molecular complexity index is 921. The van der Waals surface area contributed by atoms with Gasteiger partial charge >= 0.3 is 0 Å². The molecule has 0 spiro atoms. The summed E-state index contributed by atoms with van der Waals surface area (Å²) in [5, 5.41) is 11.7. The molecule has 3 aromatic rings. The Morgan fingerprint density at radius 2 is 1.96 bits per heavy atom. The number of aromatic nitrogens is 1. The number of non-ortho nitro benzene ring substituents is 1. The van der Waals surface area contributed by atoms with Crippen molar-refractivity contribution in [3.8, 4) is 17.6 Å². The van der Waals surface area contributed by atoms with E-state index in [1.807, 2.05) is 30.3 Å². The molecule has 5 nitrogen and oxygen atoms in total. The fraction of sp³-hybridized carbons (Fsp3) is 0.0556. The average Bonchev–Trinajstić information content (AvgIpc) is 2.59. The smallest absolute Gasteiger partial charge is 0.270 e. The highest BCUT2D eigenvalue weighted by Gasteiger charge is 2.04. The van der Waals surface area contributed by atoms with Crippen LogP contribution >= 0.6 is 0 Å². The minimum Gasteiger partial charge on any atom is -0.479 e. The van der Waals surface area contributed by atoms with Crippen LogP contribution in [0.3, 0.4) is 0 Å². The van der Waals surface area contributed by atoms with Crippen molar-refractivity contribution in [2.45, 2.75) is 0 Å². The van der Waals surface area contributed by atoms with Gasteiger partial charge in [-0.15, -0.1) is 0 Å². The average molecular weight is 304 g/mol. The van der Waals surface area contributed by atoms with Gasteiger partial charge in [-0.3, -0.25) is 15.1 Å². The first-order valence-electron chi connectivity index (χ1n) is 6.94. The van der Waals surface area contributed by atoms with Crippen molar-refractivity contribution >= 4 is 16.6 Å². The highest BCUT2D eigenvalue weighted by Crippen LogP contribution is 2.22. The molecule has 0 aliphatic rings. The minimum atomic E-state index is -0.441. The maximum absolute atomic E-state index is 10.7. The van der Waals surface area contributed by atoms with E-state index in [4.69, 9.17) is 4.74 Å². The summed E-state index contributed by atoms with van der Waals surface area (Å²) in [5.41, 5.74) is 1.39. The Morgan fingerprint density at radius 3 is 2.83 bits per heavy atom. The van der Waals surface area contributed by atoms with Crippen LogP contribution in [-0.4, -0.2) is 16.5 Å². The number of para-hydroxylation sites is 1. The molecule has 0 aliphatic heterocycles. The predicted molar refractivity (Wildman–Crippen MR) is 87.2 cm³/mol. The van der Waals surface area contributed by atoms with Gasteiger partial charge in [0.2, 0.25) is 0 Å². The van der Waals surface area contributed by atoms with Crippen molar-refractivity contribution in [1.82, 2.24) is 4.98 Å². The van der Waals surface area contributed by atoms with Crippen LogP contribution in [0, 0.1) is 22.0 Å². The van der Waals surface area contributed by atoms with Gasteiger partial charge in [-0.1, -0.05) is 36.1 Å². The van der Waals surface area contributed by atoms with Gasteiger partial charge < -0.3 is 4.74 Å². The second-order valence-electron chi connectivity index (χ2n) is 4.73. The summed E-state index contributed by atoms with van der Waals surface area (Å²) in [7, 11) is 0. The summed E-state index contributed by atoms with van der Waals surface area (Å²) in [6, 6.07) is 15.7. The normalized spacial score (nSPS) is 9.91. The van der Waals surface area contributed by atoms with Crippen LogP contribution < -0.4 is 4.74 Å². The molecule has 0 aliphatic carbocycles. The number of hydrogen-bond donors (Lipinski definition) is 0. The third kappa shape index (κ3) is 3.44. The van der Waals surface area contributed by atoms with E-state index in [9.17, 15) is 10.1 Å². The maximum atomic E-state index is 10.7. The van der Waals surface area contributed by atoms with Crippen molar-refractivity contribution in [3.05, 3.63) is 76.5 Å². The molecular weight excluding hydrogens is 292 g/mol. The van der Waals surface area contributed by atoms with Crippen LogP contribution in [0.4, 0.5) is 5.69 Å². The van der Waals surface area contributed by atoms with Crippen LogP contribution in [0.25, 0.3) is 10.9 Å². The topological polar surface area (TPSA) is 65.3 Å². The summed E-state index contributed by atoms with van der Waals surface area (Å²) in [4.78, 5) is 14.6. The number of ether oxygens (including phenoxy) is 1. The second kappa shape index (κ2) is 6.58. The Hall–Kier alpha value is -3.39. The number of fused-ring (bicyclic) bond motifs is 1. The van der Waals surface area contributed by atoms with Crippen molar-refractivity contribution in [2.24, 2.45) is 0 Å². The molecule has 2 aromatic carbocycles. The van der Waals surface area contributed by atoms with E-state index in [0.717, 1.165) is 10.9 Å². The SMILES string of the molecule is O=[N+]([O-])c1cccc(C#CCOc2cccc3cccnc23)c1. The lowest BCUT2D eigenvalue weighted by Gasteiger charge is -2.05. The quantitative estimate of drug-likeness (QED) is 0.421. The molecular formula is C18H12N2O3. The summed E-state index contributed by atoms with van der Waals surface area (Å²) >= 11 is 0. The molecule has 0 saturated carbocycles. The summed E-state index contributed by atoms with van der Waals surface area (Å²) in [6.07, 6.45) is 1.71. The van der Waals surface area contributed by atoms with Gasteiger partial charge in [-0.05, 0) is 18.2 Å². The Kier molecular flexibility index (Phi) is 4.16. The van der Waals surface area contributed by atoms with Crippen molar-refractivity contribution in [3.63, 3.8) is 0 Å². The predicted octanol–water partition coefficient (Wildman–Crippen LogP) is 3.57. The van der Waals surface area contributed by atoms with E-state index >= 15 is 0 Å². The molecule has 0 N–H and O–H groups in total. The number of nitro benzene ring substituents is 1. The first kappa shape index (κ1) is 14.5. The second-order valence-corrected chi connectivity index (χ2v) is 4.73. The van der Waals surface area contributed by atoms with Gasteiger partial charge in [0.05, 0.1) is 4.92 Å². The van der Waals surface area contributed by atoms with E-state index < -0.39 is 4.92 Å². The summed E-state index contributed by atoms with van der Waals surface area (Å²) in [6.45, 7) is 0.179. The molecule has 0 saturated heterocycles. The van der Waals surface area contributed by atoms with Gasteiger partial charge in [-0.25, -0.2) is 0 Å². The van der Waals surface area contributed by atoms with Gasteiger partial charge in [-0.2, -0.15) is 0 Å². The highest BCUT2D eigenvalue weighted by atomic mass is 16.6. The van der Waals surface area contributed by atoms with Crippen LogP contribution in [0.5, 0.6) is 5.75 Å². The number of pyridine rings is 1. The largest absolute Gasteiger partial charge is 0.479 e. The third-order valence-electron chi connectivity index (χ3n) is 3.19. The molecule has 112 valence electrons. The summed E-state index contributed by atoms with van der Waals surface area (Å²) in [5.74, 6) is 6.38. The number of nitro groups is 1. The zero-order valence-electron chi connectivity index (χ0n) is 12.1. The Morgan fingerprint density at radius 1 is 1.13 bits per heavy atom. The van der Waals surface area contributed by atoms with Gasteiger partial charge in [0.1, 0.15) is 17.9 Å². The van der Waals surface area contributed by atoms with E-state index in [0.29, 0.717) is 11.3 Å². The monoisotopic (exact) mass is 304 g/mol. The van der Waals surface area contributed by atoms with E-state index in [2.05, 4.69) is 16.8 Å². The molecule has 1 aromatic heterocycles. The van der Waals surface area contributed by atoms with E-state index in [1.54, 1.807) is 18.3 Å². The van der Waals surface area contributed by atoms with Gasteiger partial charge in [0.25, 0.3) is 5.69 Å². The number of benzene rings is 2. The molecule has 0 unspecified atom stereocenters. The lowest BCUT2D eigenvalue weighted by atomic mass is 10.2. The summed E-state index contributed by atoms with van der Waals surface area (Å²) < 4.78 is 5.65. The fourth-order valence-corrected chi connectivity index (χ4v) is 2.14. The molecule has 3 rings (SSSR count). The van der Waals surface area contributed by atoms with Crippen LogP contribution in [0.1, 0.15) is 5.56 Å².